The van der Waals surface area contributed by atoms with Crippen molar-refractivity contribution >= 4 is 0 Å². The van der Waals surface area contributed by atoms with Gasteiger partial charge >= 0.3 is 0 Å². The van der Waals surface area contributed by atoms with E-state index in [0.717, 1.165) is 11.3 Å². The summed E-state index contributed by atoms with van der Waals surface area (Å²) in [6.45, 7) is 5.41. The first kappa shape index (κ1) is 10.1. The van der Waals surface area contributed by atoms with Gasteiger partial charge in [0, 0.05) is 7.11 Å². The smallest absolute Gasteiger partial charge is 0.122 e. The van der Waals surface area contributed by atoms with Crippen molar-refractivity contribution < 1.29 is 9.47 Å². The number of benzene rings is 1. The fourth-order valence-corrected chi connectivity index (χ4v) is 1.29. The molecule has 0 aliphatic carbocycles. The number of ether oxygens (including phenoxy) is 2. The summed E-state index contributed by atoms with van der Waals surface area (Å²) in [5.41, 5.74) is 2.35. The Morgan fingerprint density at radius 3 is 2.62 bits per heavy atom. The molecule has 0 bridgehead atoms. The van der Waals surface area contributed by atoms with Crippen LogP contribution in [-0.4, -0.2) is 13.7 Å². The molecular formula is C11H16O2. The number of hydrogen-bond donors (Lipinski definition) is 0. The highest BCUT2D eigenvalue weighted by molar-refractivity contribution is 5.35. The van der Waals surface area contributed by atoms with Crippen molar-refractivity contribution in [1.82, 2.24) is 0 Å². The molecule has 0 spiro atoms. The van der Waals surface area contributed by atoms with Crippen molar-refractivity contribution in [3.8, 4) is 5.75 Å². The van der Waals surface area contributed by atoms with Crippen molar-refractivity contribution in [3.05, 3.63) is 29.3 Å². The average molecular weight is 180 g/mol. The maximum absolute atomic E-state index is 5.43. The Morgan fingerprint density at radius 2 is 2.08 bits per heavy atom. The van der Waals surface area contributed by atoms with Gasteiger partial charge in [0.15, 0.2) is 0 Å². The zero-order valence-electron chi connectivity index (χ0n) is 8.46. The largest absolute Gasteiger partial charge is 0.494 e. The molecule has 0 unspecified atom stereocenters. The van der Waals surface area contributed by atoms with Gasteiger partial charge in [-0.25, -0.2) is 0 Å². The number of hydrogen-bond acceptors (Lipinski definition) is 2. The first-order valence-corrected chi connectivity index (χ1v) is 4.49. The second-order valence-electron chi connectivity index (χ2n) is 2.97. The van der Waals surface area contributed by atoms with Crippen LogP contribution < -0.4 is 4.74 Å². The van der Waals surface area contributed by atoms with Crippen molar-refractivity contribution in [1.29, 1.82) is 0 Å². The lowest BCUT2D eigenvalue weighted by Gasteiger charge is -2.08. The third-order valence-electron chi connectivity index (χ3n) is 1.85. The molecule has 0 aliphatic rings. The fraction of sp³-hybridized carbons (Fsp3) is 0.455. The Labute approximate surface area is 79.5 Å². The van der Waals surface area contributed by atoms with Crippen LogP contribution in [0.25, 0.3) is 0 Å². The minimum absolute atomic E-state index is 0.660. The van der Waals surface area contributed by atoms with Crippen LogP contribution in [0.1, 0.15) is 18.1 Å². The number of methoxy groups -OCH3 is 1. The van der Waals surface area contributed by atoms with E-state index in [2.05, 4.69) is 6.07 Å². The van der Waals surface area contributed by atoms with Gasteiger partial charge in [-0.05, 0) is 31.0 Å². The lowest BCUT2D eigenvalue weighted by molar-refractivity contribution is 0.184. The van der Waals surface area contributed by atoms with E-state index < -0.39 is 0 Å². The van der Waals surface area contributed by atoms with Gasteiger partial charge < -0.3 is 9.47 Å². The molecule has 2 nitrogen and oxygen atoms in total. The van der Waals surface area contributed by atoms with Crippen molar-refractivity contribution in [2.45, 2.75) is 20.5 Å². The molecule has 0 atom stereocenters. The molecule has 1 rings (SSSR count). The maximum Gasteiger partial charge on any atom is 0.122 e. The molecule has 0 fully saturated rings. The third kappa shape index (κ3) is 2.74. The minimum atomic E-state index is 0.660. The highest BCUT2D eigenvalue weighted by Crippen LogP contribution is 2.19. The average Bonchev–Trinajstić information content (AvgIpc) is 2.10. The van der Waals surface area contributed by atoms with Gasteiger partial charge in [0.05, 0.1) is 13.2 Å². The van der Waals surface area contributed by atoms with Crippen LogP contribution in [0, 0.1) is 6.92 Å². The minimum Gasteiger partial charge on any atom is -0.494 e. The van der Waals surface area contributed by atoms with Crippen LogP contribution >= 0.6 is 0 Å². The highest BCUT2D eigenvalue weighted by Gasteiger charge is 1.99. The monoisotopic (exact) mass is 180 g/mol. The fourth-order valence-electron chi connectivity index (χ4n) is 1.29. The SMILES string of the molecule is CCOc1ccc(COC)cc1C. The Kier molecular flexibility index (Phi) is 3.77. The lowest BCUT2D eigenvalue weighted by Crippen LogP contribution is -1.95. The van der Waals surface area contributed by atoms with Crippen molar-refractivity contribution in [2.24, 2.45) is 0 Å². The van der Waals surface area contributed by atoms with Gasteiger partial charge in [0.25, 0.3) is 0 Å². The molecule has 13 heavy (non-hydrogen) atoms. The van der Waals surface area contributed by atoms with Crippen LogP contribution in [-0.2, 0) is 11.3 Å². The Balaban J connectivity index is 2.79. The predicted octanol–water partition coefficient (Wildman–Crippen LogP) is 2.54. The molecule has 0 saturated heterocycles. The molecule has 1 aromatic carbocycles. The predicted molar refractivity (Wildman–Crippen MR) is 53.1 cm³/mol. The highest BCUT2D eigenvalue weighted by atomic mass is 16.5. The maximum atomic E-state index is 5.43. The third-order valence-corrected chi connectivity index (χ3v) is 1.85. The first-order valence-electron chi connectivity index (χ1n) is 4.49. The standard InChI is InChI=1S/C11H16O2/c1-4-13-11-6-5-10(8-12-3)7-9(11)2/h5-7H,4,8H2,1-3H3. The molecular weight excluding hydrogens is 164 g/mol. The van der Waals surface area contributed by atoms with E-state index >= 15 is 0 Å². The van der Waals surface area contributed by atoms with E-state index in [1.165, 1.54) is 5.56 Å². The Bertz CT molecular complexity index is 269. The molecule has 0 saturated carbocycles. The van der Waals surface area contributed by atoms with Crippen LogP contribution in [0.5, 0.6) is 5.75 Å². The van der Waals surface area contributed by atoms with Gasteiger partial charge in [-0.3, -0.25) is 0 Å². The van der Waals surface area contributed by atoms with E-state index in [-0.39, 0.29) is 0 Å². The van der Waals surface area contributed by atoms with Crippen LogP contribution in [0.15, 0.2) is 18.2 Å². The normalized spacial score (nSPS) is 10.1. The molecule has 0 amide bonds. The topological polar surface area (TPSA) is 18.5 Å². The molecule has 0 aromatic heterocycles. The molecule has 0 heterocycles. The van der Waals surface area contributed by atoms with E-state index in [1.807, 2.05) is 26.0 Å². The number of rotatable bonds is 4. The summed E-state index contributed by atoms with van der Waals surface area (Å²) >= 11 is 0. The van der Waals surface area contributed by atoms with Gasteiger partial charge in [-0.1, -0.05) is 12.1 Å². The molecule has 1 aromatic rings. The second kappa shape index (κ2) is 4.87. The van der Waals surface area contributed by atoms with Gasteiger partial charge in [0.1, 0.15) is 5.75 Å². The molecule has 72 valence electrons. The summed E-state index contributed by atoms with van der Waals surface area (Å²) in [4.78, 5) is 0. The zero-order chi connectivity index (χ0) is 9.68. The van der Waals surface area contributed by atoms with Crippen molar-refractivity contribution in [2.75, 3.05) is 13.7 Å². The van der Waals surface area contributed by atoms with Crippen molar-refractivity contribution in [3.63, 3.8) is 0 Å². The lowest BCUT2D eigenvalue weighted by atomic mass is 10.1. The zero-order valence-corrected chi connectivity index (χ0v) is 8.46. The van der Waals surface area contributed by atoms with Gasteiger partial charge in [-0.15, -0.1) is 0 Å². The summed E-state index contributed by atoms with van der Waals surface area (Å²) < 4.78 is 10.5. The summed E-state index contributed by atoms with van der Waals surface area (Å²) in [7, 11) is 1.70. The van der Waals surface area contributed by atoms with Crippen LogP contribution in [0.2, 0.25) is 0 Å². The Hall–Kier alpha value is -1.02. The summed E-state index contributed by atoms with van der Waals surface area (Å²) in [6, 6.07) is 6.11. The van der Waals surface area contributed by atoms with Crippen LogP contribution in [0.3, 0.4) is 0 Å². The first-order chi connectivity index (χ1) is 6.27. The Morgan fingerprint density at radius 1 is 1.31 bits per heavy atom. The van der Waals surface area contributed by atoms with E-state index in [9.17, 15) is 0 Å². The van der Waals surface area contributed by atoms with E-state index in [0.29, 0.717) is 13.2 Å². The van der Waals surface area contributed by atoms with E-state index in [1.54, 1.807) is 7.11 Å². The van der Waals surface area contributed by atoms with Gasteiger partial charge in [-0.2, -0.15) is 0 Å². The molecule has 0 aliphatic heterocycles. The van der Waals surface area contributed by atoms with Gasteiger partial charge in [0.2, 0.25) is 0 Å². The summed E-state index contributed by atoms with van der Waals surface area (Å²) in [5.74, 6) is 0.961. The second-order valence-corrected chi connectivity index (χ2v) is 2.97. The molecule has 0 N–H and O–H groups in total. The van der Waals surface area contributed by atoms with Crippen LogP contribution in [0.4, 0.5) is 0 Å². The molecule has 2 heteroatoms. The summed E-state index contributed by atoms with van der Waals surface area (Å²) in [6.07, 6.45) is 0. The number of aryl methyl sites for hydroxylation is 1. The van der Waals surface area contributed by atoms with E-state index in [4.69, 9.17) is 9.47 Å². The quantitative estimate of drug-likeness (QED) is 0.709. The summed E-state index contributed by atoms with van der Waals surface area (Å²) in [5, 5.41) is 0. The molecule has 0 radical (unpaired) electrons.